The van der Waals surface area contributed by atoms with Crippen molar-refractivity contribution in [2.45, 2.75) is 6.42 Å². The highest BCUT2D eigenvalue weighted by molar-refractivity contribution is 5.98. The van der Waals surface area contributed by atoms with Gasteiger partial charge < -0.3 is 9.47 Å². The highest BCUT2D eigenvalue weighted by Gasteiger charge is 2.57. The molecule has 18 heavy (non-hydrogen) atoms. The number of rotatable bonds is 0. The molecule has 4 aliphatic rings. The third kappa shape index (κ3) is 1.66. The average molecular weight is 248 g/mol. The number of hydrogen-bond acceptors (Lipinski definition) is 5. The van der Waals surface area contributed by atoms with E-state index < -0.39 is 0 Å². The molecule has 4 rings (SSSR count). The average Bonchev–Trinajstić information content (AvgIpc) is 3.05. The molecule has 5 nitrogen and oxygen atoms in total. The third-order valence-corrected chi connectivity index (χ3v) is 3.78. The molecule has 4 atom stereocenters. The lowest BCUT2D eigenvalue weighted by atomic mass is 9.85. The Morgan fingerprint density at radius 3 is 2.00 bits per heavy atom. The maximum absolute atomic E-state index is 11.2. The number of carbonyl (C=O) groups excluding carboxylic acids is 3. The molecule has 0 spiro atoms. The Hall–Kier alpha value is -1.91. The highest BCUT2D eigenvalue weighted by atomic mass is 16.6. The molecule has 0 aromatic rings. The first-order valence-corrected chi connectivity index (χ1v) is 5.94. The van der Waals surface area contributed by atoms with Crippen LogP contribution in [0.1, 0.15) is 6.42 Å². The van der Waals surface area contributed by atoms with Gasteiger partial charge in [0.1, 0.15) is 6.61 Å². The van der Waals surface area contributed by atoms with E-state index in [1.54, 1.807) is 6.08 Å². The molecule has 0 amide bonds. The summed E-state index contributed by atoms with van der Waals surface area (Å²) in [6.45, 7) is 0.457. The number of esters is 3. The van der Waals surface area contributed by atoms with Crippen molar-refractivity contribution >= 4 is 17.9 Å². The van der Waals surface area contributed by atoms with E-state index in [2.05, 4.69) is 9.47 Å². The first-order chi connectivity index (χ1) is 8.66. The second-order valence-electron chi connectivity index (χ2n) is 4.77. The molecule has 1 saturated heterocycles. The summed E-state index contributed by atoms with van der Waals surface area (Å²) in [7, 11) is 0. The van der Waals surface area contributed by atoms with Crippen molar-refractivity contribution in [1.29, 1.82) is 0 Å². The molecule has 2 aliphatic carbocycles. The molecule has 0 radical (unpaired) electrons. The van der Waals surface area contributed by atoms with Crippen LogP contribution in [-0.4, -0.2) is 24.5 Å². The molecule has 1 saturated carbocycles. The number of cyclic esters (lactones) is 3. The Balaban J connectivity index is 0.000000142. The fourth-order valence-corrected chi connectivity index (χ4v) is 3.02. The van der Waals surface area contributed by atoms with E-state index in [-0.39, 0.29) is 41.6 Å². The fourth-order valence-electron chi connectivity index (χ4n) is 3.02. The lowest BCUT2D eigenvalue weighted by Crippen LogP contribution is -2.21. The fraction of sp³-hybridized carbons (Fsp3) is 0.462. The minimum absolute atomic E-state index is 0.146. The van der Waals surface area contributed by atoms with Gasteiger partial charge in [-0.2, -0.15) is 0 Å². The van der Waals surface area contributed by atoms with Crippen molar-refractivity contribution in [2.24, 2.45) is 23.7 Å². The van der Waals surface area contributed by atoms with Crippen molar-refractivity contribution in [2.75, 3.05) is 6.61 Å². The van der Waals surface area contributed by atoms with E-state index in [1.807, 2.05) is 12.2 Å². The molecule has 2 fully saturated rings. The lowest BCUT2D eigenvalue weighted by molar-refractivity contribution is -0.154. The Morgan fingerprint density at radius 2 is 1.61 bits per heavy atom. The Labute approximate surface area is 103 Å². The molecule has 2 bridgehead atoms. The van der Waals surface area contributed by atoms with Gasteiger partial charge in [0.05, 0.1) is 11.8 Å². The van der Waals surface area contributed by atoms with Crippen LogP contribution in [0.5, 0.6) is 0 Å². The van der Waals surface area contributed by atoms with Gasteiger partial charge in [0.2, 0.25) is 0 Å². The molecule has 2 aliphatic heterocycles. The minimum atomic E-state index is -0.304. The summed E-state index contributed by atoms with van der Waals surface area (Å²) >= 11 is 0. The smallest absolute Gasteiger partial charge is 0.330 e. The van der Waals surface area contributed by atoms with Crippen LogP contribution in [0, 0.1) is 23.7 Å². The maximum atomic E-state index is 11.2. The van der Waals surface area contributed by atoms with Crippen LogP contribution < -0.4 is 0 Å². The zero-order valence-electron chi connectivity index (χ0n) is 9.57. The molecule has 0 N–H and O–H groups in total. The number of carbonyl (C=O) groups is 3. The first kappa shape index (κ1) is 11.2. The summed E-state index contributed by atoms with van der Waals surface area (Å²) in [6, 6.07) is 0. The first-order valence-electron chi connectivity index (χ1n) is 5.94. The van der Waals surface area contributed by atoms with Crippen LogP contribution in [0.2, 0.25) is 0 Å². The van der Waals surface area contributed by atoms with E-state index in [0.717, 1.165) is 6.42 Å². The van der Waals surface area contributed by atoms with Crippen LogP contribution in [0.3, 0.4) is 0 Å². The molecule has 0 aromatic heterocycles. The maximum Gasteiger partial charge on any atom is 0.330 e. The Kier molecular flexibility index (Phi) is 2.54. The quantitative estimate of drug-likeness (QED) is 0.357. The summed E-state index contributed by atoms with van der Waals surface area (Å²) in [5.41, 5.74) is 0. The molecule has 94 valence electrons. The number of hydrogen-bond donors (Lipinski definition) is 0. The summed E-state index contributed by atoms with van der Waals surface area (Å²) in [5, 5.41) is 0. The van der Waals surface area contributed by atoms with Crippen LogP contribution in [0.4, 0.5) is 0 Å². The second kappa shape index (κ2) is 4.08. The zero-order chi connectivity index (χ0) is 12.7. The predicted octanol–water partition coefficient (Wildman–Crippen LogP) is 0.607. The van der Waals surface area contributed by atoms with Gasteiger partial charge in [0, 0.05) is 6.08 Å². The standard InChI is InChI=1S/C9H8O3.C4H4O2/c10-8-6-4-1-2-5(3-4)7(6)9(11)12-8;5-4-2-1-3-6-4/h1-2,4-7H,3H2;1-2H,3H2. The van der Waals surface area contributed by atoms with E-state index in [4.69, 9.17) is 0 Å². The van der Waals surface area contributed by atoms with Crippen molar-refractivity contribution < 1.29 is 23.9 Å². The van der Waals surface area contributed by atoms with Gasteiger partial charge in [0.15, 0.2) is 0 Å². The third-order valence-electron chi connectivity index (χ3n) is 3.78. The largest absolute Gasteiger partial charge is 0.458 e. The van der Waals surface area contributed by atoms with Gasteiger partial charge in [-0.15, -0.1) is 0 Å². The van der Waals surface area contributed by atoms with Gasteiger partial charge in [-0.3, -0.25) is 9.59 Å². The minimum Gasteiger partial charge on any atom is -0.458 e. The summed E-state index contributed by atoms with van der Waals surface area (Å²) in [4.78, 5) is 32.3. The van der Waals surface area contributed by atoms with Gasteiger partial charge in [-0.05, 0) is 24.3 Å². The van der Waals surface area contributed by atoms with Gasteiger partial charge >= 0.3 is 17.9 Å². The van der Waals surface area contributed by atoms with Crippen LogP contribution in [0.15, 0.2) is 24.3 Å². The monoisotopic (exact) mass is 248 g/mol. The van der Waals surface area contributed by atoms with Crippen molar-refractivity contribution in [3.63, 3.8) is 0 Å². The van der Waals surface area contributed by atoms with Crippen LogP contribution >= 0.6 is 0 Å². The predicted molar refractivity (Wildman–Crippen MR) is 58.9 cm³/mol. The highest BCUT2D eigenvalue weighted by Crippen LogP contribution is 2.51. The Bertz CT molecular complexity index is 448. The van der Waals surface area contributed by atoms with Crippen LogP contribution in [0.25, 0.3) is 0 Å². The normalized spacial score (nSPS) is 38.3. The van der Waals surface area contributed by atoms with Gasteiger partial charge in [-0.25, -0.2) is 4.79 Å². The SMILES string of the molecule is O=C1C=CCO1.O=C1OC(=O)C2C3C=CC(C3)C12. The summed E-state index contributed by atoms with van der Waals surface area (Å²) < 4.78 is 8.99. The summed E-state index contributed by atoms with van der Waals surface area (Å²) in [6.07, 6.45) is 8.16. The zero-order valence-corrected chi connectivity index (χ0v) is 9.57. The Morgan fingerprint density at radius 1 is 1.00 bits per heavy atom. The van der Waals surface area contributed by atoms with E-state index >= 15 is 0 Å². The molecular weight excluding hydrogens is 236 g/mol. The second-order valence-corrected chi connectivity index (χ2v) is 4.77. The molecule has 0 aromatic carbocycles. The topological polar surface area (TPSA) is 69.7 Å². The molecular formula is C13H12O5. The van der Waals surface area contributed by atoms with Crippen molar-refractivity contribution in [3.8, 4) is 0 Å². The van der Waals surface area contributed by atoms with Crippen LogP contribution in [-0.2, 0) is 23.9 Å². The number of allylic oxidation sites excluding steroid dienone is 2. The van der Waals surface area contributed by atoms with Gasteiger partial charge in [0.25, 0.3) is 0 Å². The number of fused-ring (bicyclic) bond motifs is 5. The van der Waals surface area contributed by atoms with E-state index in [0.29, 0.717) is 6.61 Å². The molecule has 5 heteroatoms. The van der Waals surface area contributed by atoms with Crippen molar-refractivity contribution in [1.82, 2.24) is 0 Å². The van der Waals surface area contributed by atoms with E-state index in [9.17, 15) is 14.4 Å². The van der Waals surface area contributed by atoms with Crippen molar-refractivity contribution in [3.05, 3.63) is 24.3 Å². The molecule has 2 heterocycles. The summed E-state index contributed by atoms with van der Waals surface area (Å²) in [5.74, 6) is -0.573. The van der Waals surface area contributed by atoms with Gasteiger partial charge in [-0.1, -0.05) is 12.2 Å². The molecule has 4 unspecified atom stereocenters. The van der Waals surface area contributed by atoms with E-state index in [1.165, 1.54) is 6.08 Å². The number of ether oxygens (including phenoxy) is 2. The lowest BCUT2D eigenvalue weighted by Gasteiger charge is -2.12.